The lowest BCUT2D eigenvalue weighted by Gasteiger charge is -2.30. The van der Waals surface area contributed by atoms with Crippen LogP contribution in [0.2, 0.25) is 0 Å². The van der Waals surface area contributed by atoms with E-state index < -0.39 is 18.1 Å². The van der Waals surface area contributed by atoms with Gasteiger partial charge in [-0.25, -0.2) is 14.5 Å². The minimum Gasteiger partial charge on any atom is -0.392 e. The Balaban J connectivity index is 1.78. The molecule has 1 amide bonds. The Morgan fingerprint density at radius 1 is 1.34 bits per heavy atom. The van der Waals surface area contributed by atoms with Crippen LogP contribution in [0.3, 0.4) is 0 Å². The van der Waals surface area contributed by atoms with Crippen LogP contribution in [0.25, 0.3) is 15.9 Å². The summed E-state index contributed by atoms with van der Waals surface area (Å²) in [4.78, 5) is 25.3. The van der Waals surface area contributed by atoms with Crippen LogP contribution in [0.1, 0.15) is 48.8 Å². The molecule has 9 nitrogen and oxygen atoms in total. The summed E-state index contributed by atoms with van der Waals surface area (Å²) in [6.45, 7) is 8.00. The lowest BCUT2D eigenvalue weighted by molar-refractivity contribution is -0.0379. The van der Waals surface area contributed by atoms with E-state index in [1.54, 1.807) is 31.5 Å². The van der Waals surface area contributed by atoms with Crippen molar-refractivity contribution in [2.75, 3.05) is 13.1 Å². The molecule has 0 aromatic carbocycles. The maximum absolute atomic E-state index is 13.0. The molecule has 0 fully saturated rings. The number of hydrogen-bond donors (Lipinski definition) is 2. The van der Waals surface area contributed by atoms with Gasteiger partial charge >= 0.3 is 0 Å². The highest BCUT2D eigenvalue weighted by Crippen LogP contribution is 2.39. The zero-order chi connectivity index (χ0) is 20.9. The van der Waals surface area contributed by atoms with Crippen LogP contribution >= 0.6 is 11.3 Å². The predicted octanol–water partition coefficient (Wildman–Crippen LogP) is 1.39. The third-order valence-corrected chi connectivity index (χ3v) is 5.97. The highest BCUT2D eigenvalue weighted by molar-refractivity contribution is 7.19. The van der Waals surface area contributed by atoms with Crippen molar-refractivity contribution < 1.29 is 19.7 Å². The van der Waals surface area contributed by atoms with E-state index in [1.165, 1.54) is 9.42 Å². The van der Waals surface area contributed by atoms with Crippen molar-refractivity contribution >= 4 is 33.1 Å². The van der Waals surface area contributed by atoms with Crippen LogP contribution in [0, 0.1) is 0 Å². The van der Waals surface area contributed by atoms with E-state index >= 15 is 0 Å². The molecule has 2 N–H and O–H groups in total. The molecule has 0 spiro atoms. The number of aliphatic hydroxyl groups is 2. The van der Waals surface area contributed by atoms with E-state index in [0.717, 1.165) is 27.1 Å². The quantitative estimate of drug-likeness (QED) is 0.642. The van der Waals surface area contributed by atoms with E-state index in [9.17, 15) is 15.0 Å². The number of thiophene rings is 1. The average molecular weight is 420 g/mol. The van der Waals surface area contributed by atoms with Crippen LogP contribution in [-0.4, -0.2) is 71.5 Å². The second-order valence-electron chi connectivity index (χ2n) is 8.27. The fourth-order valence-corrected chi connectivity index (χ4v) is 4.72. The average Bonchev–Trinajstić information content (AvgIpc) is 3.19. The molecule has 0 aliphatic carbocycles. The van der Waals surface area contributed by atoms with Gasteiger partial charge in [-0.05, 0) is 33.3 Å². The van der Waals surface area contributed by atoms with Gasteiger partial charge in [-0.1, -0.05) is 0 Å². The molecule has 3 aromatic rings. The minimum absolute atomic E-state index is 0.0202. The molecule has 1 aliphatic rings. The van der Waals surface area contributed by atoms with Gasteiger partial charge in [0.05, 0.1) is 29.8 Å². The summed E-state index contributed by atoms with van der Waals surface area (Å²) in [6.07, 6.45) is 0.836. The fourth-order valence-electron chi connectivity index (χ4n) is 3.65. The molecule has 0 unspecified atom stereocenters. The number of nitrogens with zero attached hydrogens (tertiary/aromatic N) is 5. The van der Waals surface area contributed by atoms with Gasteiger partial charge in [0.15, 0.2) is 5.65 Å². The van der Waals surface area contributed by atoms with Crippen LogP contribution in [0.5, 0.6) is 0 Å². The van der Waals surface area contributed by atoms with Gasteiger partial charge in [-0.15, -0.1) is 16.4 Å². The largest absolute Gasteiger partial charge is 0.392 e. The number of amides is 1. The lowest BCUT2D eigenvalue weighted by atomic mass is 9.94. The minimum atomic E-state index is -0.728. The van der Waals surface area contributed by atoms with Gasteiger partial charge < -0.3 is 19.8 Å². The molecule has 4 rings (SSSR count). The second-order valence-corrected chi connectivity index (χ2v) is 9.35. The van der Waals surface area contributed by atoms with E-state index in [4.69, 9.17) is 4.74 Å². The fraction of sp³-hybridized carbons (Fsp3) is 0.579. The van der Waals surface area contributed by atoms with Crippen molar-refractivity contribution in [2.24, 2.45) is 0 Å². The van der Waals surface area contributed by atoms with Gasteiger partial charge in [0.1, 0.15) is 11.2 Å². The van der Waals surface area contributed by atoms with E-state index in [2.05, 4.69) is 28.9 Å². The molecule has 29 heavy (non-hydrogen) atoms. The number of aliphatic hydroxyl groups excluding tert-OH is 2. The van der Waals surface area contributed by atoms with Gasteiger partial charge in [0.2, 0.25) is 5.82 Å². The summed E-state index contributed by atoms with van der Waals surface area (Å²) in [5, 5.41) is 24.7. The molecule has 2 atom stereocenters. The maximum atomic E-state index is 13.0. The van der Waals surface area contributed by atoms with E-state index in [0.29, 0.717) is 12.3 Å². The third kappa shape index (κ3) is 3.85. The summed E-state index contributed by atoms with van der Waals surface area (Å²) < 4.78 is 7.44. The van der Waals surface area contributed by atoms with Crippen molar-refractivity contribution in [3.63, 3.8) is 0 Å². The first-order valence-electron chi connectivity index (χ1n) is 9.59. The van der Waals surface area contributed by atoms with Crippen LogP contribution in [0.15, 0.2) is 6.33 Å². The standard InChI is InChI=1S/C19H25N5O4S/c1-10(25)6-23(7-11(2)26)18(27)15-21-16-14-12-5-19(3,4)28-8-13(12)29-17(14)20-9-24(16)22-15/h9-11,25-26H,5-8H2,1-4H3/t10-,11-/m1/s1. The monoisotopic (exact) mass is 419 g/mol. The number of carbonyl (C=O) groups excluding carboxylic acids is 1. The summed E-state index contributed by atoms with van der Waals surface area (Å²) in [5.41, 5.74) is 1.45. The number of rotatable bonds is 5. The Labute approximate surface area is 171 Å². The van der Waals surface area contributed by atoms with Gasteiger partial charge in [-0.2, -0.15) is 0 Å². The smallest absolute Gasteiger partial charge is 0.293 e. The van der Waals surface area contributed by atoms with Crippen molar-refractivity contribution in [1.82, 2.24) is 24.5 Å². The normalized spacial score (nSPS) is 18.0. The number of ether oxygens (including phenoxy) is 1. The van der Waals surface area contributed by atoms with E-state index in [1.807, 2.05) is 0 Å². The SMILES string of the molecule is C[C@@H](O)CN(C[C@@H](C)O)C(=O)c1nc2c3c4c(sc3ncn2n1)COC(C)(C)C4. The molecule has 0 saturated carbocycles. The van der Waals surface area contributed by atoms with Gasteiger partial charge in [-0.3, -0.25) is 4.79 Å². The molecule has 3 aromatic heterocycles. The Morgan fingerprint density at radius 2 is 2.03 bits per heavy atom. The number of aromatic nitrogens is 4. The highest BCUT2D eigenvalue weighted by atomic mass is 32.1. The molecule has 0 saturated heterocycles. The summed E-state index contributed by atoms with van der Waals surface area (Å²) >= 11 is 1.58. The lowest BCUT2D eigenvalue weighted by Crippen LogP contribution is -2.41. The number of hydrogen-bond acceptors (Lipinski definition) is 8. The van der Waals surface area contributed by atoms with Crippen molar-refractivity contribution in [2.45, 2.75) is 58.5 Å². The molecule has 4 heterocycles. The summed E-state index contributed by atoms with van der Waals surface area (Å²) in [7, 11) is 0. The van der Waals surface area contributed by atoms with Crippen molar-refractivity contribution in [3.8, 4) is 0 Å². The maximum Gasteiger partial charge on any atom is 0.293 e. The predicted molar refractivity (Wildman–Crippen MR) is 108 cm³/mol. The Bertz CT molecular complexity index is 1060. The molecular formula is C19H25N5O4S. The van der Waals surface area contributed by atoms with E-state index in [-0.39, 0.29) is 24.5 Å². The summed E-state index contributed by atoms with van der Waals surface area (Å²) in [5.74, 6) is -0.414. The van der Waals surface area contributed by atoms with Crippen molar-refractivity contribution in [3.05, 3.63) is 22.6 Å². The number of fused-ring (bicyclic) bond motifs is 5. The second kappa shape index (κ2) is 7.28. The first-order valence-corrected chi connectivity index (χ1v) is 10.4. The Kier molecular flexibility index (Phi) is 5.06. The summed E-state index contributed by atoms with van der Waals surface area (Å²) in [6, 6.07) is 0. The molecule has 0 bridgehead atoms. The Hall–Kier alpha value is -2.14. The topological polar surface area (TPSA) is 113 Å². The molecule has 10 heteroatoms. The molecule has 1 aliphatic heterocycles. The zero-order valence-corrected chi connectivity index (χ0v) is 17.7. The third-order valence-electron chi connectivity index (χ3n) is 4.86. The zero-order valence-electron chi connectivity index (χ0n) is 16.9. The highest BCUT2D eigenvalue weighted by Gasteiger charge is 2.31. The first kappa shape index (κ1) is 20.1. The van der Waals surface area contributed by atoms with Crippen molar-refractivity contribution in [1.29, 1.82) is 0 Å². The van der Waals surface area contributed by atoms with Crippen LogP contribution < -0.4 is 0 Å². The van der Waals surface area contributed by atoms with Crippen LogP contribution in [0.4, 0.5) is 0 Å². The van der Waals surface area contributed by atoms with Gasteiger partial charge in [0.25, 0.3) is 5.91 Å². The first-order chi connectivity index (χ1) is 13.6. The number of carbonyl (C=O) groups is 1. The van der Waals surface area contributed by atoms with Crippen LogP contribution in [-0.2, 0) is 17.8 Å². The van der Waals surface area contributed by atoms with Gasteiger partial charge in [0, 0.05) is 24.4 Å². The molecule has 0 radical (unpaired) electrons. The molecular weight excluding hydrogens is 394 g/mol. The Morgan fingerprint density at radius 3 is 2.69 bits per heavy atom. The molecule has 156 valence electrons.